The first-order valence-corrected chi connectivity index (χ1v) is 6.74. The van der Waals surface area contributed by atoms with Crippen molar-refractivity contribution in [3.05, 3.63) is 55.1 Å². The molecular formula is C17H25N. The Labute approximate surface area is 112 Å². The molecule has 0 aliphatic heterocycles. The fourth-order valence-electron chi connectivity index (χ4n) is 2.08. The fourth-order valence-corrected chi connectivity index (χ4v) is 2.08. The topological polar surface area (TPSA) is 12.0 Å². The molecule has 1 N–H and O–H groups in total. The van der Waals surface area contributed by atoms with Crippen molar-refractivity contribution in [3.63, 3.8) is 0 Å². The van der Waals surface area contributed by atoms with Gasteiger partial charge in [0.25, 0.3) is 0 Å². The van der Waals surface area contributed by atoms with Crippen molar-refractivity contribution in [1.82, 2.24) is 0 Å². The van der Waals surface area contributed by atoms with Gasteiger partial charge in [-0.1, -0.05) is 49.8 Å². The van der Waals surface area contributed by atoms with Crippen molar-refractivity contribution in [2.75, 3.05) is 5.32 Å². The largest absolute Gasteiger partial charge is 0.376 e. The van der Waals surface area contributed by atoms with Crippen LogP contribution in [0.15, 0.2) is 55.1 Å². The first kappa shape index (κ1) is 14.6. The summed E-state index contributed by atoms with van der Waals surface area (Å²) in [6.45, 7) is 12.6. The maximum absolute atomic E-state index is 4.27. The highest BCUT2D eigenvalue weighted by molar-refractivity contribution is 5.48. The highest BCUT2D eigenvalue weighted by Gasteiger charge is 2.25. The molecule has 0 bridgehead atoms. The maximum Gasteiger partial charge on any atom is 0.0588 e. The zero-order valence-corrected chi connectivity index (χ0v) is 11.7. The van der Waals surface area contributed by atoms with Crippen LogP contribution in [0.3, 0.4) is 0 Å². The van der Waals surface area contributed by atoms with Crippen LogP contribution in [0.25, 0.3) is 0 Å². The molecule has 0 heterocycles. The van der Waals surface area contributed by atoms with Gasteiger partial charge in [-0.05, 0) is 38.3 Å². The molecule has 18 heavy (non-hydrogen) atoms. The lowest BCUT2D eigenvalue weighted by atomic mass is 9.86. The molecule has 0 aliphatic rings. The monoisotopic (exact) mass is 243 g/mol. The smallest absolute Gasteiger partial charge is 0.0588 e. The fraction of sp³-hybridized carbons (Fsp3) is 0.412. The summed E-state index contributed by atoms with van der Waals surface area (Å²) in [6.07, 6.45) is 6.33. The van der Waals surface area contributed by atoms with Gasteiger partial charge in [0.15, 0.2) is 0 Å². The van der Waals surface area contributed by atoms with E-state index in [-0.39, 0.29) is 5.54 Å². The average molecular weight is 243 g/mol. The summed E-state index contributed by atoms with van der Waals surface area (Å²) in [5.74, 6) is 0. The minimum atomic E-state index is -0.0989. The summed E-state index contributed by atoms with van der Waals surface area (Å²) in [4.78, 5) is 0. The Morgan fingerprint density at radius 3 is 2.56 bits per heavy atom. The van der Waals surface area contributed by atoms with Crippen molar-refractivity contribution in [2.45, 2.75) is 45.1 Å². The van der Waals surface area contributed by atoms with E-state index in [0.29, 0.717) is 0 Å². The highest BCUT2D eigenvalue weighted by atomic mass is 15.0. The molecule has 0 amide bonds. The molecule has 1 rings (SSSR count). The quantitative estimate of drug-likeness (QED) is 0.620. The van der Waals surface area contributed by atoms with E-state index < -0.39 is 0 Å². The molecule has 0 spiro atoms. The Morgan fingerprint density at radius 2 is 2.00 bits per heavy atom. The summed E-state index contributed by atoms with van der Waals surface area (Å²) < 4.78 is 0. The van der Waals surface area contributed by atoms with Crippen LogP contribution < -0.4 is 5.32 Å². The van der Waals surface area contributed by atoms with E-state index in [1.807, 2.05) is 24.3 Å². The van der Waals surface area contributed by atoms with E-state index in [2.05, 4.69) is 44.5 Å². The summed E-state index contributed by atoms with van der Waals surface area (Å²) in [6, 6.07) is 10.3. The second-order valence-electron chi connectivity index (χ2n) is 5.02. The van der Waals surface area contributed by atoms with Crippen LogP contribution in [0.2, 0.25) is 0 Å². The molecule has 1 aromatic rings. The van der Waals surface area contributed by atoms with Crippen molar-refractivity contribution in [1.29, 1.82) is 0 Å². The summed E-state index contributed by atoms with van der Waals surface area (Å²) in [5, 5.41) is 3.59. The first-order chi connectivity index (χ1) is 8.62. The number of rotatable bonds is 8. The molecule has 1 unspecified atom stereocenters. The molecule has 1 aromatic carbocycles. The predicted octanol–water partition coefficient (Wildman–Crippen LogP) is 5.18. The van der Waals surface area contributed by atoms with Crippen LogP contribution in [0.1, 0.15) is 39.5 Å². The predicted molar refractivity (Wildman–Crippen MR) is 81.9 cm³/mol. The molecule has 0 aliphatic carbocycles. The summed E-state index contributed by atoms with van der Waals surface area (Å²) >= 11 is 0. The van der Waals surface area contributed by atoms with E-state index in [1.54, 1.807) is 0 Å². The third kappa shape index (κ3) is 4.06. The molecule has 1 atom stereocenters. The van der Waals surface area contributed by atoms with Crippen LogP contribution in [-0.2, 0) is 0 Å². The zero-order chi connectivity index (χ0) is 13.4. The lowest BCUT2D eigenvalue weighted by Crippen LogP contribution is -2.36. The lowest BCUT2D eigenvalue weighted by molar-refractivity contribution is 0.570. The molecule has 0 aromatic heterocycles. The van der Waals surface area contributed by atoms with Gasteiger partial charge in [-0.3, -0.25) is 0 Å². The summed E-state index contributed by atoms with van der Waals surface area (Å²) in [7, 11) is 0. The van der Waals surface area contributed by atoms with Crippen LogP contribution in [0, 0.1) is 0 Å². The van der Waals surface area contributed by atoms with Crippen LogP contribution in [-0.4, -0.2) is 5.54 Å². The molecule has 0 fully saturated rings. The van der Waals surface area contributed by atoms with Gasteiger partial charge in [0, 0.05) is 5.69 Å². The first-order valence-electron chi connectivity index (χ1n) is 6.74. The lowest BCUT2D eigenvalue weighted by Gasteiger charge is -2.33. The Kier molecular flexibility index (Phi) is 5.70. The third-order valence-corrected chi connectivity index (χ3v) is 3.36. The Bertz CT molecular complexity index is 380. The van der Waals surface area contributed by atoms with Gasteiger partial charge >= 0.3 is 0 Å². The van der Waals surface area contributed by atoms with Gasteiger partial charge in [0.05, 0.1) is 5.54 Å². The SMILES string of the molecule is C=CCC(C)(Nc1ccccc1)C(=C)CCCC. The van der Waals surface area contributed by atoms with E-state index in [1.165, 1.54) is 18.4 Å². The van der Waals surface area contributed by atoms with Crippen LogP contribution in [0.4, 0.5) is 5.69 Å². The summed E-state index contributed by atoms with van der Waals surface area (Å²) in [5.41, 5.74) is 2.30. The molecule has 0 saturated carbocycles. The van der Waals surface area contributed by atoms with E-state index in [0.717, 1.165) is 18.5 Å². The zero-order valence-electron chi connectivity index (χ0n) is 11.7. The van der Waals surface area contributed by atoms with Crippen molar-refractivity contribution in [2.24, 2.45) is 0 Å². The molecule has 98 valence electrons. The minimum absolute atomic E-state index is 0.0989. The third-order valence-electron chi connectivity index (χ3n) is 3.36. The number of hydrogen-bond acceptors (Lipinski definition) is 1. The molecule has 1 heteroatoms. The normalized spacial score (nSPS) is 13.7. The average Bonchev–Trinajstić information content (AvgIpc) is 2.37. The van der Waals surface area contributed by atoms with Gasteiger partial charge in [-0.15, -0.1) is 6.58 Å². The standard InChI is InChI=1S/C17H25N/c1-5-7-11-15(3)17(4,14-6-2)18-16-12-9-8-10-13-16/h6,8-10,12-13,18H,2-3,5,7,11,14H2,1,4H3. The molecule has 0 saturated heterocycles. The molecule has 0 radical (unpaired) electrons. The molecular weight excluding hydrogens is 218 g/mol. The van der Waals surface area contributed by atoms with Gasteiger partial charge in [-0.2, -0.15) is 0 Å². The number of unbranched alkanes of at least 4 members (excludes halogenated alkanes) is 1. The molecule has 1 nitrogen and oxygen atoms in total. The van der Waals surface area contributed by atoms with Crippen molar-refractivity contribution < 1.29 is 0 Å². The second kappa shape index (κ2) is 7.05. The second-order valence-corrected chi connectivity index (χ2v) is 5.02. The van der Waals surface area contributed by atoms with Gasteiger partial charge in [0.2, 0.25) is 0 Å². The van der Waals surface area contributed by atoms with Crippen molar-refractivity contribution >= 4 is 5.69 Å². The number of hydrogen-bond donors (Lipinski definition) is 1. The van der Waals surface area contributed by atoms with Crippen LogP contribution >= 0.6 is 0 Å². The van der Waals surface area contributed by atoms with E-state index >= 15 is 0 Å². The minimum Gasteiger partial charge on any atom is -0.376 e. The number of anilines is 1. The number of benzene rings is 1. The Hall–Kier alpha value is -1.50. The van der Waals surface area contributed by atoms with Gasteiger partial charge in [0.1, 0.15) is 0 Å². The Morgan fingerprint density at radius 1 is 1.33 bits per heavy atom. The van der Waals surface area contributed by atoms with E-state index in [4.69, 9.17) is 0 Å². The van der Waals surface area contributed by atoms with E-state index in [9.17, 15) is 0 Å². The maximum atomic E-state index is 4.27. The van der Waals surface area contributed by atoms with Crippen molar-refractivity contribution in [3.8, 4) is 0 Å². The number of para-hydroxylation sites is 1. The Balaban J connectivity index is 2.79. The van der Waals surface area contributed by atoms with Gasteiger partial charge in [-0.25, -0.2) is 0 Å². The highest BCUT2D eigenvalue weighted by Crippen LogP contribution is 2.28. The number of nitrogens with one attached hydrogen (secondary N) is 1. The van der Waals surface area contributed by atoms with Crippen LogP contribution in [0.5, 0.6) is 0 Å². The van der Waals surface area contributed by atoms with Gasteiger partial charge < -0.3 is 5.32 Å².